The quantitative estimate of drug-likeness (QED) is 0.546. The summed E-state index contributed by atoms with van der Waals surface area (Å²) in [5.41, 5.74) is -0.688. The van der Waals surface area contributed by atoms with E-state index < -0.39 is 23.7 Å². The lowest BCUT2D eigenvalue weighted by Crippen LogP contribution is -2.46. The SMILES string of the molecule is C#CCOC[C@H](NC(=O)OC(C)(C)C)C(=O)O. The molecule has 0 bridgehead atoms. The van der Waals surface area contributed by atoms with Gasteiger partial charge in [0.05, 0.1) is 6.61 Å². The number of nitrogens with one attached hydrogen (secondary N) is 1. The Hall–Kier alpha value is -1.74. The highest BCUT2D eigenvalue weighted by Gasteiger charge is 2.23. The Morgan fingerprint density at radius 3 is 2.47 bits per heavy atom. The molecule has 0 aliphatic carbocycles. The van der Waals surface area contributed by atoms with Crippen LogP contribution in [0.2, 0.25) is 0 Å². The third kappa shape index (κ3) is 8.11. The molecule has 96 valence electrons. The second-order valence-electron chi connectivity index (χ2n) is 4.26. The van der Waals surface area contributed by atoms with Gasteiger partial charge in [-0.25, -0.2) is 9.59 Å². The first-order valence-corrected chi connectivity index (χ1v) is 5.00. The van der Waals surface area contributed by atoms with Crippen molar-refractivity contribution in [3.63, 3.8) is 0 Å². The smallest absolute Gasteiger partial charge is 0.408 e. The average Bonchev–Trinajstić information content (AvgIpc) is 2.13. The van der Waals surface area contributed by atoms with Crippen molar-refractivity contribution in [1.82, 2.24) is 5.32 Å². The Morgan fingerprint density at radius 1 is 1.47 bits per heavy atom. The second kappa shape index (κ2) is 6.76. The molecule has 0 heterocycles. The van der Waals surface area contributed by atoms with Crippen LogP contribution in [-0.4, -0.2) is 42.0 Å². The Balaban J connectivity index is 4.22. The van der Waals surface area contributed by atoms with Crippen molar-refractivity contribution in [2.75, 3.05) is 13.2 Å². The summed E-state index contributed by atoms with van der Waals surface area (Å²) in [6.45, 7) is 4.81. The molecule has 6 nitrogen and oxygen atoms in total. The van der Waals surface area contributed by atoms with Gasteiger partial charge in [0.1, 0.15) is 12.2 Å². The summed E-state index contributed by atoms with van der Waals surface area (Å²) < 4.78 is 9.77. The number of carboxylic acids is 1. The normalized spacial score (nSPS) is 12.4. The zero-order chi connectivity index (χ0) is 13.5. The molecule has 0 aromatic heterocycles. The van der Waals surface area contributed by atoms with Crippen LogP contribution < -0.4 is 5.32 Å². The van der Waals surface area contributed by atoms with E-state index in [2.05, 4.69) is 11.2 Å². The first-order valence-electron chi connectivity index (χ1n) is 5.00. The maximum atomic E-state index is 11.3. The summed E-state index contributed by atoms with van der Waals surface area (Å²) in [6.07, 6.45) is 4.13. The molecular weight excluding hydrogens is 226 g/mol. The number of alkyl carbamates (subject to hydrolysis) is 1. The molecule has 2 N–H and O–H groups in total. The fourth-order valence-electron chi connectivity index (χ4n) is 0.860. The fourth-order valence-corrected chi connectivity index (χ4v) is 0.860. The van der Waals surface area contributed by atoms with Crippen LogP contribution in [0, 0.1) is 12.3 Å². The van der Waals surface area contributed by atoms with Crippen LogP contribution in [0.4, 0.5) is 4.79 Å². The Bertz CT molecular complexity index is 313. The number of carboxylic acid groups (broad SMARTS) is 1. The first kappa shape index (κ1) is 15.3. The number of hydrogen-bond acceptors (Lipinski definition) is 4. The van der Waals surface area contributed by atoms with E-state index in [0.717, 1.165) is 0 Å². The average molecular weight is 243 g/mol. The molecule has 0 aromatic rings. The van der Waals surface area contributed by atoms with E-state index in [4.69, 9.17) is 21.0 Å². The monoisotopic (exact) mass is 243 g/mol. The van der Waals surface area contributed by atoms with Gasteiger partial charge in [-0.1, -0.05) is 5.92 Å². The van der Waals surface area contributed by atoms with Crippen LogP contribution in [0.5, 0.6) is 0 Å². The lowest BCUT2D eigenvalue weighted by Gasteiger charge is -2.21. The number of rotatable bonds is 5. The minimum absolute atomic E-state index is 0.0141. The predicted octanol–water partition coefficient (Wildman–Crippen LogP) is 0.614. The molecule has 0 aliphatic heterocycles. The summed E-state index contributed by atoms with van der Waals surface area (Å²) in [5, 5.41) is 11.0. The molecule has 17 heavy (non-hydrogen) atoms. The van der Waals surface area contributed by atoms with Crippen LogP contribution >= 0.6 is 0 Å². The number of aliphatic carboxylic acids is 1. The van der Waals surface area contributed by atoms with Gasteiger partial charge in [0, 0.05) is 0 Å². The van der Waals surface area contributed by atoms with Gasteiger partial charge in [-0.15, -0.1) is 6.42 Å². The summed E-state index contributed by atoms with van der Waals surface area (Å²) in [6, 6.07) is -1.18. The number of carbonyl (C=O) groups is 2. The minimum Gasteiger partial charge on any atom is -0.480 e. The Labute approximate surface area is 100 Å². The molecule has 0 aromatic carbocycles. The Kier molecular flexibility index (Phi) is 6.07. The van der Waals surface area contributed by atoms with E-state index in [1.165, 1.54) is 0 Å². The van der Waals surface area contributed by atoms with Gasteiger partial charge in [0.15, 0.2) is 6.04 Å². The molecule has 0 fully saturated rings. The van der Waals surface area contributed by atoms with Gasteiger partial charge in [0.2, 0.25) is 0 Å². The lowest BCUT2D eigenvalue weighted by atomic mass is 10.2. The van der Waals surface area contributed by atoms with Crippen molar-refractivity contribution < 1.29 is 24.2 Å². The number of carbonyl (C=O) groups excluding carboxylic acids is 1. The minimum atomic E-state index is -1.21. The number of hydrogen-bond donors (Lipinski definition) is 2. The third-order valence-corrected chi connectivity index (χ3v) is 1.46. The number of amides is 1. The molecule has 0 saturated heterocycles. The lowest BCUT2D eigenvalue weighted by molar-refractivity contribution is -0.141. The predicted molar refractivity (Wildman–Crippen MR) is 60.4 cm³/mol. The molecule has 0 aliphatic rings. The van der Waals surface area contributed by atoms with Gasteiger partial charge in [-0.3, -0.25) is 0 Å². The molecule has 6 heteroatoms. The van der Waals surface area contributed by atoms with Gasteiger partial charge < -0.3 is 19.9 Å². The molecule has 0 saturated carbocycles. The highest BCUT2D eigenvalue weighted by Crippen LogP contribution is 2.06. The van der Waals surface area contributed by atoms with Gasteiger partial charge >= 0.3 is 12.1 Å². The highest BCUT2D eigenvalue weighted by molar-refractivity contribution is 5.80. The van der Waals surface area contributed by atoms with Crippen LogP contribution in [0.15, 0.2) is 0 Å². The van der Waals surface area contributed by atoms with E-state index in [0.29, 0.717) is 0 Å². The largest absolute Gasteiger partial charge is 0.480 e. The molecule has 0 spiro atoms. The summed E-state index contributed by atoms with van der Waals surface area (Å²) >= 11 is 0. The number of terminal acetylenes is 1. The molecule has 1 amide bonds. The van der Waals surface area contributed by atoms with Crippen molar-refractivity contribution in [1.29, 1.82) is 0 Å². The van der Waals surface area contributed by atoms with Crippen molar-refractivity contribution in [3.8, 4) is 12.3 Å². The summed E-state index contributed by atoms with van der Waals surface area (Å²) in [7, 11) is 0. The second-order valence-corrected chi connectivity index (χ2v) is 4.26. The van der Waals surface area contributed by atoms with E-state index in [1.807, 2.05) is 0 Å². The topological polar surface area (TPSA) is 84.9 Å². The zero-order valence-electron chi connectivity index (χ0n) is 10.1. The van der Waals surface area contributed by atoms with Gasteiger partial charge in [-0.2, -0.15) is 0 Å². The van der Waals surface area contributed by atoms with Crippen LogP contribution in [-0.2, 0) is 14.3 Å². The van der Waals surface area contributed by atoms with Crippen LogP contribution in [0.25, 0.3) is 0 Å². The van der Waals surface area contributed by atoms with E-state index in [9.17, 15) is 9.59 Å². The van der Waals surface area contributed by atoms with E-state index in [-0.39, 0.29) is 13.2 Å². The standard InChI is InChI=1S/C11H17NO5/c1-5-6-16-7-8(9(13)14)12-10(15)17-11(2,3)4/h1,8H,6-7H2,2-4H3,(H,12,15)(H,13,14)/t8-/m0/s1. The van der Waals surface area contributed by atoms with Crippen molar-refractivity contribution in [2.45, 2.75) is 32.4 Å². The molecule has 0 rings (SSSR count). The van der Waals surface area contributed by atoms with Crippen molar-refractivity contribution >= 4 is 12.1 Å². The molecular formula is C11H17NO5. The summed E-state index contributed by atoms with van der Waals surface area (Å²) in [5.74, 6) is 0.980. The van der Waals surface area contributed by atoms with Gasteiger partial charge in [-0.05, 0) is 20.8 Å². The summed E-state index contributed by atoms with van der Waals surface area (Å²) in [4.78, 5) is 22.1. The Morgan fingerprint density at radius 2 is 2.06 bits per heavy atom. The van der Waals surface area contributed by atoms with Crippen molar-refractivity contribution in [3.05, 3.63) is 0 Å². The number of ether oxygens (including phenoxy) is 2. The first-order chi connectivity index (χ1) is 7.76. The maximum Gasteiger partial charge on any atom is 0.408 e. The maximum absolute atomic E-state index is 11.3. The van der Waals surface area contributed by atoms with Crippen LogP contribution in [0.1, 0.15) is 20.8 Å². The third-order valence-electron chi connectivity index (χ3n) is 1.46. The molecule has 0 radical (unpaired) electrons. The van der Waals surface area contributed by atoms with E-state index >= 15 is 0 Å². The fraction of sp³-hybridized carbons (Fsp3) is 0.636. The zero-order valence-corrected chi connectivity index (χ0v) is 10.1. The molecule has 0 unspecified atom stereocenters. The molecule has 1 atom stereocenters. The van der Waals surface area contributed by atoms with E-state index in [1.54, 1.807) is 20.8 Å². The van der Waals surface area contributed by atoms with Gasteiger partial charge in [0.25, 0.3) is 0 Å². The van der Waals surface area contributed by atoms with Crippen LogP contribution in [0.3, 0.4) is 0 Å². The highest BCUT2D eigenvalue weighted by atomic mass is 16.6. The van der Waals surface area contributed by atoms with Crippen molar-refractivity contribution in [2.24, 2.45) is 0 Å².